The Labute approximate surface area is 131 Å². The summed E-state index contributed by atoms with van der Waals surface area (Å²) in [6.45, 7) is 7.50. The summed E-state index contributed by atoms with van der Waals surface area (Å²) in [5, 5.41) is 3.67. The van der Waals surface area contributed by atoms with Gasteiger partial charge in [0.05, 0.1) is 0 Å². The molecule has 1 N–H and O–H groups in total. The Bertz CT molecular complexity index is 323. The van der Waals surface area contributed by atoms with E-state index in [1.54, 1.807) is 38.5 Å². The van der Waals surface area contributed by atoms with Crippen LogP contribution in [0.2, 0.25) is 0 Å². The van der Waals surface area contributed by atoms with Gasteiger partial charge in [-0.25, -0.2) is 0 Å². The zero-order valence-corrected chi connectivity index (χ0v) is 13.9. The highest BCUT2D eigenvalue weighted by molar-refractivity contribution is 5.01. The maximum Gasteiger partial charge on any atom is 0.0195 e. The first kappa shape index (κ1) is 14.5. The van der Waals surface area contributed by atoms with Crippen molar-refractivity contribution in [2.45, 2.75) is 70.8 Å². The first-order chi connectivity index (χ1) is 10.2. The van der Waals surface area contributed by atoms with E-state index in [1.807, 2.05) is 0 Å². The van der Waals surface area contributed by atoms with E-state index < -0.39 is 0 Å². The zero-order valence-electron chi connectivity index (χ0n) is 13.9. The van der Waals surface area contributed by atoms with Crippen molar-refractivity contribution in [3.05, 3.63) is 0 Å². The fourth-order valence-electron chi connectivity index (χ4n) is 6.59. The monoisotopic (exact) mass is 290 g/mol. The molecule has 1 unspecified atom stereocenters. The van der Waals surface area contributed by atoms with Gasteiger partial charge in [0.1, 0.15) is 0 Å². The molecule has 5 fully saturated rings. The third kappa shape index (κ3) is 3.03. The van der Waals surface area contributed by atoms with Crippen molar-refractivity contribution in [1.82, 2.24) is 10.2 Å². The standard InChI is InChI=1S/C19H34N2/c1-2-21(14-18-4-3-6-20-18)7-5-19-11-15-8-16(12-19)10-17(9-15)13-19/h15-18,20H,2-14H2,1H3. The van der Waals surface area contributed by atoms with Crippen LogP contribution in [0.4, 0.5) is 0 Å². The van der Waals surface area contributed by atoms with Crippen LogP contribution in [0.5, 0.6) is 0 Å². The minimum atomic E-state index is 0.769. The topological polar surface area (TPSA) is 15.3 Å². The lowest BCUT2D eigenvalue weighted by Crippen LogP contribution is -2.48. The number of nitrogens with one attached hydrogen (secondary N) is 1. The van der Waals surface area contributed by atoms with Crippen molar-refractivity contribution in [2.24, 2.45) is 23.2 Å². The molecule has 5 aliphatic rings. The van der Waals surface area contributed by atoms with Crippen LogP contribution >= 0.6 is 0 Å². The number of hydrogen-bond acceptors (Lipinski definition) is 2. The fourth-order valence-corrected chi connectivity index (χ4v) is 6.59. The molecule has 0 aromatic carbocycles. The first-order valence-electron chi connectivity index (χ1n) is 9.70. The van der Waals surface area contributed by atoms with Gasteiger partial charge in [-0.05, 0) is 101 Å². The molecule has 1 atom stereocenters. The van der Waals surface area contributed by atoms with Crippen LogP contribution in [-0.2, 0) is 0 Å². The van der Waals surface area contributed by atoms with Crippen LogP contribution in [0.1, 0.15) is 64.7 Å². The van der Waals surface area contributed by atoms with Gasteiger partial charge in [-0.3, -0.25) is 0 Å². The Morgan fingerprint density at radius 3 is 2.24 bits per heavy atom. The molecule has 2 nitrogen and oxygen atoms in total. The Morgan fingerprint density at radius 2 is 1.71 bits per heavy atom. The van der Waals surface area contributed by atoms with Gasteiger partial charge in [0.15, 0.2) is 0 Å². The third-order valence-corrected chi connectivity index (χ3v) is 7.21. The smallest absolute Gasteiger partial charge is 0.0195 e. The highest BCUT2D eigenvalue weighted by Gasteiger charge is 2.50. The van der Waals surface area contributed by atoms with Crippen molar-refractivity contribution in [2.75, 3.05) is 26.2 Å². The van der Waals surface area contributed by atoms with E-state index in [0.717, 1.165) is 29.2 Å². The Hall–Kier alpha value is -0.0800. The molecule has 1 aliphatic heterocycles. The van der Waals surface area contributed by atoms with Gasteiger partial charge in [-0.15, -0.1) is 0 Å². The number of rotatable bonds is 6. The number of likely N-dealkylation sites (N-methyl/N-ethyl adjacent to an activating group) is 1. The lowest BCUT2D eigenvalue weighted by atomic mass is 9.49. The third-order valence-electron chi connectivity index (χ3n) is 7.21. The summed E-state index contributed by atoms with van der Waals surface area (Å²) in [6, 6.07) is 0.779. The van der Waals surface area contributed by atoms with E-state index in [0.29, 0.717) is 0 Å². The largest absolute Gasteiger partial charge is 0.313 e. The normalized spacial score (nSPS) is 44.9. The average Bonchev–Trinajstić information content (AvgIpc) is 2.95. The minimum Gasteiger partial charge on any atom is -0.313 e. The average molecular weight is 290 g/mol. The summed E-state index contributed by atoms with van der Waals surface area (Å²) in [5.41, 5.74) is 0.769. The van der Waals surface area contributed by atoms with E-state index in [1.165, 1.54) is 45.4 Å². The molecule has 120 valence electrons. The molecular formula is C19H34N2. The van der Waals surface area contributed by atoms with E-state index in [9.17, 15) is 0 Å². The van der Waals surface area contributed by atoms with Crippen LogP contribution in [0.25, 0.3) is 0 Å². The number of nitrogens with zero attached hydrogens (tertiary/aromatic N) is 1. The van der Waals surface area contributed by atoms with E-state index in [2.05, 4.69) is 17.1 Å². The van der Waals surface area contributed by atoms with Gasteiger partial charge in [-0.1, -0.05) is 6.92 Å². The Morgan fingerprint density at radius 1 is 1.05 bits per heavy atom. The molecule has 0 radical (unpaired) electrons. The van der Waals surface area contributed by atoms with Crippen LogP contribution in [0.15, 0.2) is 0 Å². The van der Waals surface area contributed by atoms with Gasteiger partial charge < -0.3 is 10.2 Å². The second kappa shape index (κ2) is 5.85. The van der Waals surface area contributed by atoms with Crippen molar-refractivity contribution in [1.29, 1.82) is 0 Å². The second-order valence-corrected chi connectivity index (χ2v) is 8.85. The molecule has 4 bridgehead atoms. The molecule has 4 aliphatic carbocycles. The molecule has 0 aromatic heterocycles. The van der Waals surface area contributed by atoms with E-state index >= 15 is 0 Å². The molecule has 0 amide bonds. The SMILES string of the molecule is CCN(CCC12CC3CC(CC(C3)C1)C2)CC1CCCN1. The predicted molar refractivity (Wildman–Crippen MR) is 88.4 cm³/mol. The summed E-state index contributed by atoms with van der Waals surface area (Å²) in [4.78, 5) is 2.74. The van der Waals surface area contributed by atoms with Gasteiger partial charge in [0, 0.05) is 12.6 Å². The van der Waals surface area contributed by atoms with Crippen molar-refractivity contribution >= 4 is 0 Å². The molecular weight excluding hydrogens is 256 g/mol. The molecule has 4 saturated carbocycles. The lowest BCUT2D eigenvalue weighted by molar-refractivity contribution is -0.0610. The van der Waals surface area contributed by atoms with E-state index in [-0.39, 0.29) is 0 Å². The maximum atomic E-state index is 3.67. The molecule has 2 heteroatoms. The highest BCUT2D eigenvalue weighted by atomic mass is 15.1. The van der Waals surface area contributed by atoms with E-state index in [4.69, 9.17) is 0 Å². The van der Waals surface area contributed by atoms with Crippen LogP contribution < -0.4 is 5.32 Å². The predicted octanol–water partition coefficient (Wildman–Crippen LogP) is 3.67. The van der Waals surface area contributed by atoms with Gasteiger partial charge in [0.2, 0.25) is 0 Å². The summed E-state index contributed by atoms with van der Waals surface area (Å²) in [6.07, 6.45) is 13.8. The summed E-state index contributed by atoms with van der Waals surface area (Å²) in [7, 11) is 0. The Balaban J connectivity index is 1.32. The van der Waals surface area contributed by atoms with Crippen molar-refractivity contribution in [3.63, 3.8) is 0 Å². The molecule has 1 heterocycles. The number of hydrogen-bond donors (Lipinski definition) is 1. The quantitative estimate of drug-likeness (QED) is 0.803. The second-order valence-electron chi connectivity index (χ2n) is 8.85. The summed E-state index contributed by atoms with van der Waals surface area (Å²) >= 11 is 0. The van der Waals surface area contributed by atoms with Crippen LogP contribution in [0.3, 0.4) is 0 Å². The summed E-state index contributed by atoms with van der Waals surface area (Å²) in [5.74, 6) is 3.34. The minimum absolute atomic E-state index is 0.769. The van der Waals surface area contributed by atoms with Crippen molar-refractivity contribution < 1.29 is 0 Å². The molecule has 21 heavy (non-hydrogen) atoms. The Kier molecular flexibility index (Phi) is 4.04. The van der Waals surface area contributed by atoms with Crippen molar-refractivity contribution in [3.8, 4) is 0 Å². The first-order valence-corrected chi connectivity index (χ1v) is 9.70. The molecule has 0 aromatic rings. The molecule has 0 spiro atoms. The summed E-state index contributed by atoms with van der Waals surface area (Å²) < 4.78 is 0. The maximum absolute atomic E-state index is 3.67. The zero-order chi connectivity index (χ0) is 14.3. The fraction of sp³-hybridized carbons (Fsp3) is 1.00. The van der Waals surface area contributed by atoms with Gasteiger partial charge in [-0.2, -0.15) is 0 Å². The lowest BCUT2D eigenvalue weighted by Gasteiger charge is -2.57. The van der Waals surface area contributed by atoms with Crippen LogP contribution in [0, 0.1) is 23.2 Å². The van der Waals surface area contributed by atoms with Crippen LogP contribution in [-0.4, -0.2) is 37.1 Å². The highest BCUT2D eigenvalue weighted by Crippen LogP contribution is 2.61. The van der Waals surface area contributed by atoms with Gasteiger partial charge >= 0.3 is 0 Å². The molecule has 1 saturated heterocycles. The van der Waals surface area contributed by atoms with Gasteiger partial charge in [0.25, 0.3) is 0 Å². The molecule has 5 rings (SSSR count).